The van der Waals surface area contributed by atoms with Crippen LogP contribution >= 0.6 is 22.9 Å². The highest BCUT2D eigenvalue weighted by Crippen LogP contribution is 2.27. The van der Waals surface area contributed by atoms with E-state index >= 15 is 0 Å². The first-order valence-electron chi connectivity index (χ1n) is 5.83. The average molecular weight is 310 g/mol. The van der Waals surface area contributed by atoms with Crippen LogP contribution in [0.25, 0.3) is 0 Å². The number of carboxylic acid groups (broad SMARTS) is 1. The van der Waals surface area contributed by atoms with E-state index in [1.165, 1.54) is 0 Å². The van der Waals surface area contributed by atoms with Gasteiger partial charge in [-0.1, -0.05) is 23.7 Å². The molecule has 0 saturated heterocycles. The highest BCUT2D eigenvalue weighted by atomic mass is 35.5. The molecule has 1 aromatic carbocycles. The third kappa shape index (κ3) is 3.37. The first-order valence-corrected chi connectivity index (χ1v) is 7.09. The van der Waals surface area contributed by atoms with Gasteiger partial charge < -0.3 is 10.4 Å². The fraction of sp³-hybridized carbons (Fsp3) is 0.143. The van der Waals surface area contributed by atoms with Gasteiger partial charge >= 0.3 is 5.97 Å². The molecular formula is C14H12ClNO3S. The maximum atomic E-state index is 12.0. The molecule has 1 aromatic heterocycles. The van der Waals surface area contributed by atoms with Crippen molar-refractivity contribution >= 4 is 40.5 Å². The molecule has 20 heavy (non-hydrogen) atoms. The first-order chi connectivity index (χ1) is 9.47. The molecule has 2 rings (SSSR count). The van der Waals surface area contributed by atoms with Crippen LogP contribution in [0, 0.1) is 6.92 Å². The number of rotatable bonds is 4. The van der Waals surface area contributed by atoms with Crippen molar-refractivity contribution in [2.24, 2.45) is 0 Å². The zero-order valence-electron chi connectivity index (χ0n) is 10.6. The van der Waals surface area contributed by atoms with E-state index in [1.807, 2.05) is 0 Å². The first kappa shape index (κ1) is 14.6. The van der Waals surface area contributed by atoms with Crippen LogP contribution in [0.4, 0.5) is 5.69 Å². The summed E-state index contributed by atoms with van der Waals surface area (Å²) in [6.07, 6.45) is 0.148. The van der Waals surface area contributed by atoms with E-state index in [2.05, 4.69) is 5.32 Å². The summed E-state index contributed by atoms with van der Waals surface area (Å²) in [5.41, 5.74) is 1.89. The zero-order chi connectivity index (χ0) is 14.7. The lowest BCUT2D eigenvalue weighted by Crippen LogP contribution is -2.16. The van der Waals surface area contributed by atoms with E-state index in [0.29, 0.717) is 10.7 Å². The van der Waals surface area contributed by atoms with Gasteiger partial charge in [-0.05, 0) is 35.6 Å². The van der Waals surface area contributed by atoms with Gasteiger partial charge in [-0.3, -0.25) is 4.79 Å². The number of halogens is 1. The lowest BCUT2D eigenvalue weighted by molar-refractivity contribution is -0.115. The summed E-state index contributed by atoms with van der Waals surface area (Å²) in [6, 6.07) is 7.00. The van der Waals surface area contributed by atoms with Gasteiger partial charge in [-0.2, -0.15) is 0 Å². The molecule has 0 unspecified atom stereocenters. The number of aromatic carboxylic acids is 1. The number of hydrogen-bond acceptors (Lipinski definition) is 3. The van der Waals surface area contributed by atoms with Crippen molar-refractivity contribution in [3.8, 4) is 0 Å². The fourth-order valence-electron chi connectivity index (χ4n) is 1.77. The highest BCUT2D eigenvalue weighted by molar-refractivity contribution is 7.12. The fourth-order valence-corrected chi connectivity index (χ4v) is 2.83. The molecule has 6 heteroatoms. The SMILES string of the molecule is Cc1csc(C(=O)O)c1NC(=O)Cc1cccc(Cl)c1. The molecule has 0 atom stereocenters. The monoisotopic (exact) mass is 309 g/mol. The Hall–Kier alpha value is -1.85. The Balaban J connectivity index is 2.12. The van der Waals surface area contributed by atoms with Crippen molar-refractivity contribution < 1.29 is 14.7 Å². The van der Waals surface area contributed by atoms with E-state index in [0.717, 1.165) is 22.5 Å². The topological polar surface area (TPSA) is 66.4 Å². The van der Waals surface area contributed by atoms with Crippen molar-refractivity contribution in [2.45, 2.75) is 13.3 Å². The second-order valence-corrected chi connectivity index (χ2v) is 5.60. The van der Waals surface area contributed by atoms with E-state index in [1.54, 1.807) is 36.6 Å². The van der Waals surface area contributed by atoms with Gasteiger partial charge in [-0.15, -0.1) is 11.3 Å². The lowest BCUT2D eigenvalue weighted by Gasteiger charge is -2.06. The number of carbonyl (C=O) groups is 2. The number of anilines is 1. The largest absolute Gasteiger partial charge is 0.477 e. The predicted molar refractivity (Wildman–Crippen MR) is 79.8 cm³/mol. The van der Waals surface area contributed by atoms with Crippen LogP contribution in [0.3, 0.4) is 0 Å². The van der Waals surface area contributed by atoms with Crippen LogP contribution in [0.1, 0.15) is 20.8 Å². The normalized spacial score (nSPS) is 10.3. The van der Waals surface area contributed by atoms with Gasteiger partial charge in [0.2, 0.25) is 5.91 Å². The van der Waals surface area contributed by atoms with Crippen LogP contribution < -0.4 is 5.32 Å². The molecule has 2 N–H and O–H groups in total. The van der Waals surface area contributed by atoms with Gasteiger partial charge in [0.05, 0.1) is 12.1 Å². The Morgan fingerprint density at radius 3 is 2.80 bits per heavy atom. The highest BCUT2D eigenvalue weighted by Gasteiger charge is 2.17. The minimum absolute atomic E-state index is 0.141. The van der Waals surface area contributed by atoms with Crippen molar-refractivity contribution in [1.82, 2.24) is 0 Å². The maximum Gasteiger partial charge on any atom is 0.348 e. The molecule has 0 aliphatic carbocycles. The number of aryl methyl sites for hydroxylation is 1. The maximum absolute atomic E-state index is 12.0. The van der Waals surface area contributed by atoms with E-state index in [9.17, 15) is 9.59 Å². The zero-order valence-corrected chi connectivity index (χ0v) is 12.2. The Morgan fingerprint density at radius 2 is 2.15 bits per heavy atom. The van der Waals surface area contributed by atoms with E-state index in [-0.39, 0.29) is 17.2 Å². The molecule has 0 saturated carbocycles. The molecule has 2 aromatic rings. The van der Waals surface area contributed by atoms with Crippen LogP contribution in [0.2, 0.25) is 5.02 Å². The molecule has 1 amide bonds. The summed E-state index contributed by atoms with van der Waals surface area (Å²) in [5.74, 6) is -1.31. The number of thiophene rings is 1. The van der Waals surface area contributed by atoms with Crippen LogP contribution in [-0.2, 0) is 11.2 Å². The minimum Gasteiger partial charge on any atom is -0.477 e. The summed E-state index contributed by atoms with van der Waals surface area (Å²) in [5, 5.41) is 14.0. The molecule has 0 aliphatic rings. The summed E-state index contributed by atoms with van der Waals surface area (Å²) in [4.78, 5) is 23.2. The summed E-state index contributed by atoms with van der Waals surface area (Å²) >= 11 is 6.95. The number of hydrogen-bond donors (Lipinski definition) is 2. The molecule has 0 radical (unpaired) electrons. The Labute approximate surface area is 125 Å². The van der Waals surface area contributed by atoms with Crippen molar-refractivity contribution in [3.63, 3.8) is 0 Å². The summed E-state index contributed by atoms with van der Waals surface area (Å²) < 4.78 is 0. The Morgan fingerprint density at radius 1 is 1.40 bits per heavy atom. The average Bonchev–Trinajstić information content (AvgIpc) is 2.71. The molecule has 0 spiro atoms. The van der Waals surface area contributed by atoms with Gasteiger partial charge in [0.15, 0.2) is 0 Å². The number of amides is 1. The molecule has 1 heterocycles. The molecule has 0 bridgehead atoms. The van der Waals surface area contributed by atoms with Crippen molar-refractivity contribution in [1.29, 1.82) is 0 Å². The van der Waals surface area contributed by atoms with E-state index in [4.69, 9.17) is 16.7 Å². The molecular weight excluding hydrogens is 298 g/mol. The molecule has 4 nitrogen and oxygen atoms in total. The Bertz CT molecular complexity index is 666. The lowest BCUT2D eigenvalue weighted by atomic mass is 10.1. The third-order valence-electron chi connectivity index (χ3n) is 2.69. The van der Waals surface area contributed by atoms with E-state index < -0.39 is 5.97 Å². The van der Waals surface area contributed by atoms with Crippen molar-refractivity contribution in [3.05, 3.63) is 50.7 Å². The quantitative estimate of drug-likeness (QED) is 0.907. The predicted octanol–water partition coefficient (Wildman–Crippen LogP) is 3.59. The standard InChI is InChI=1S/C14H12ClNO3S/c1-8-7-20-13(14(18)19)12(8)16-11(17)6-9-3-2-4-10(15)5-9/h2-5,7H,6H2,1H3,(H,16,17)(H,18,19). The molecule has 0 aliphatic heterocycles. The second kappa shape index (κ2) is 6.07. The number of benzene rings is 1. The van der Waals surface area contributed by atoms with Gasteiger partial charge in [-0.25, -0.2) is 4.79 Å². The van der Waals surface area contributed by atoms with Crippen LogP contribution in [-0.4, -0.2) is 17.0 Å². The smallest absolute Gasteiger partial charge is 0.348 e. The number of carboxylic acids is 1. The number of nitrogens with one attached hydrogen (secondary N) is 1. The van der Waals surface area contributed by atoms with Gasteiger partial charge in [0.1, 0.15) is 4.88 Å². The minimum atomic E-state index is -1.04. The summed E-state index contributed by atoms with van der Waals surface area (Å²) in [6.45, 7) is 1.76. The molecule has 104 valence electrons. The van der Waals surface area contributed by atoms with Gasteiger partial charge in [0.25, 0.3) is 0 Å². The Kier molecular flexibility index (Phi) is 4.42. The molecule has 0 fully saturated rings. The van der Waals surface area contributed by atoms with Crippen LogP contribution in [0.5, 0.6) is 0 Å². The van der Waals surface area contributed by atoms with Gasteiger partial charge in [0, 0.05) is 5.02 Å². The number of carbonyl (C=O) groups excluding carboxylic acids is 1. The summed E-state index contributed by atoms with van der Waals surface area (Å²) in [7, 11) is 0. The van der Waals surface area contributed by atoms with Crippen LogP contribution in [0.15, 0.2) is 29.6 Å². The van der Waals surface area contributed by atoms with Crippen molar-refractivity contribution in [2.75, 3.05) is 5.32 Å². The second-order valence-electron chi connectivity index (χ2n) is 4.28. The third-order valence-corrected chi connectivity index (χ3v) is 4.01.